The summed E-state index contributed by atoms with van der Waals surface area (Å²) in [5.41, 5.74) is 1.82. The van der Waals surface area contributed by atoms with Gasteiger partial charge in [0.1, 0.15) is 0 Å². The smallest absolute Gasteiger partial charge is 0.0172 e. The maximum Gasteiger partial charge on any atom is -0.0172 e. The van der Waals surface area contributed by atoms with Crippen molar-refractivity contribution >= 4 is 0 Å². The molecule has 80 valence electrons. The van der Waals surface area contributed by atoms with Gasteiger partial charge in [0, 0.05) is 0 Å². The monoisotopic (exact) mass is 192 g/mol. The molecule has 0 heteroatoms. The van der Waals surface area contributed by atoms with Crippen molar-refractivity contribution in [3.05, 3.63) is 11.6 Å². The molecule has 2 aliphatic carbocycles. The summed E-state index contributed by atoms with van der Waals surface area (Å²) in [7, 11) is 0. The van der Waals surface area contributed by atoms with Crippen molar-refractivity contribution in [1.29, 1.82) is 0 Å². The molecule has 4 atom stereocenters. The summed E-state index contributed by atoms with van der Waals surface area (Å²) in [5.74, 6) is 3.77. The van der Waals surface area contributed by atoms with Gasteiger partial charge in [-0.1, -0.05) is 38.8 Å². The van der Waals surface area contributed by atoms with Crippen LogP contribution in [0.25, 0.3) is 0 Å². The molecule has 14 heavy (non-hydrogen) atoms. The van der Waals surface area contributed by atoms with Crippen LogP contribution in [0.3, 0.4) is 0 Å². The van der Waals surface area contributed by atoms with Crippen LogP contribution in [0.2, 0.25) is 0 Å². The number of rotatable bonds is 3. The Labute approximate surface area is 88.8 Å². The van der Waals surface area contributed by atoms with Gasteiger partial charge in [-0.15, -0.1) is 0 Å². The Morgan fingerprint density at radius 2 is 2.00 bits per heavy atom. The van der Waals surface area contributed by atoms with Crippen LogP contribution >= 0.6 is 0 Å². The molecule has 0 nitrogen and oxygen atoms in total. The van der Waals surface area contributed by atoms with Crippen molar-refractivity contribution in [3.8, 4) is 0 Å². The summed E-state index contributed by atoms with van der Waals surface area (Å²) in [4.78, 5) is 0. The lowest BCUT2D eigenvalue weighted by molar-refractivity contribution is 0.418. The Morgan fingerprint density at radius 1 is 1.29 bits per heavy atom. The molecule has 0 radical (unpaired) electrons. The fourth-order valence-corrected chi connectivity index (χ4v) is 3.02. The standard InChI is InChI=1S/C14H24/c1-4-5-12-7-6-10(2)14(9-12)13-8-11(13)3/h9-13H,4-8H2,1-3H3/t10?,11-,12?,13?/m1/s1. The van der Waals surface area contributed by atoms with E-state index in [4.69, 9.17) is 0 Å². The van der Waals surface area contributed by atoms with Crippen LogP contribution in [0.1, 0.15) is 52.9 Å². The van der Waals surface area contributed by atoms with Crippen molar-refractivity contribution in [2.24, 2.45) is 23.7 Å². The average Bonchev–Trinajstić information content (AvgIpc) is 2.87. The van der Waals surface area contributed by atoms with Gasteiger partial charge in [0.2, 0.25) is 0 Å². The Balaban J connectivity index is 2.02. The average molecular weight is 192 g/mol. The SMILES string of the molecule is CCCC1C=C(C2C[C@H]2C)C(C)CC1. The van der Waals surface area contributed by atoms with Crippen molar-refractivity contribution in [2.45, 2.75) is 52.9 Å². The molecule has 1 saturated carbocycles. The zero-order valence-electron chi connectivity index (χ0n) is 9.92. The largest absolute Gasteiger partial charge is 0.0817 e. The van der Waals surface area contributed by atoms with Gasteiger partial charge in [-0.25, -0.2) is 0 Å². The highest BCUT2D eigenvalue weighted by Crippen LogP contribution is 2.49. The lowest BCUT2D eigenvalue weighted by atomic mass is 9.79. The van der Waals surface area contributed by atoms with E-state index in [0.29, 0.717) is 0 Å². The third kappa shape index (κ3) is 2.04. The predicted octanol–water partition coefficient (Wildman–Crippen LogP) is 4.42. The van der Waals surface area contributed by atoms with E-state index in [9.17, 15) is 0 Å². The minimum Gasteiger partial charge on any atom is -0.0817 e. The Kier molecular flexibility index (Phi) is 2.99. The molecule has 0 spiro atoms. The van der Waals surface area contributed by atoms with E-state index in [2.05, 4.69) is 26.8 Å². The first-order chi connectivity index (χ1) is 6.72. The maximum atomic E-state index is 2.64. The summed E-state index contributed by atoms with van der Waals surface area (Å²) in [5, 5.41) is 0. The summed E-state index contributed by atoms with van der Waals surface area (Å²) in [6.45, 7) is 7.14. The molecule has 0 N–H and O–H groups in total. The Bertz CT molecular complexity index is 226. The normalized spacial score (nSPS) is 42.1. The number of hydrogen-bond donors (Lipinski definition) is 0. The van der Waals surface area contributed by atoms with Gasteiger partial charge >= 0.3 is 0 Å². The minimum absolute atomic E-state index is 0.887. The molecule has 0 aromatic carbocycles. The lowest BCUT2D eigenvalue weighted by Gasteiger charge is -2.26. The molecule has 0 aromatic rings. The molecule has 0 aliphatic heterocycles. The number of allylic oxidation sites excluding steroid dienone is 2. The van der Waals surface area contributed by atoms with Crippen LogP contribution in [0.4, 0.5) is 0 Å². The molecule has 1 fully saturated rings. The third-order valence-corrected chi connectivity index (χ3v) is 4.16. The minimum atomic E-state index is 0.887. The first-order valence-corrected chi connectivity index (χ1v) is 6.44. The van der Waals surface area contributed by atoms with Crippen LogP contribution < -0.4 is 0 Å². The number of hydrogen-bond acceptors (Lipinski definition) is 0. The van der Waals surface area contributed by atoms with Crippen LogP contribution in [0.5, 0.6) is 0 Å². The van der Waals surface area contributed by atoms with Gasteiger partial charge in [0.25, 0.3) is 0 Å². The molecule has 2 aliphatic rings. The molecular weight excluding hydrogens is 168 g/mol. The first-order valence-electron chi connectivity index (χ1n) is 6.44. The molecule has 2 rings (SSSR count). The molecule has 3 unspecified atom stereocenters. The van der Waals surface area contributed by atoms with Crippen LogP contribution in [0, 0.1) is 23.7 Å². The van der Waals surface area contributed by atoms with E-state index in [0.717, 1.165) is 23.7 Å². The zero-order valence-corrected chi connectivity index (χ0v) is 9.92. The zero-order chi connectivity index (χ0) is 10.1. The van der Waals surface area contributed by atoms with Crippen LogP contribution in [-0.4, -0.2) is 0 Å². The highest BCUT2D eigenvalue weighted by atomic mass is 14.4. The second-order valence-corrected chi connectivity index (χ2v) is 5.51. The van der Waals surface area contributed by atoms with E-state index in [-0.39, 0.29) is 0 Å². The first kappa shape index (κ1) is 10.3. The quantitative estimate of drug-likeness (QED) is 0.581. The summed E-state index contributed by atoms with van der Waals surface area (Å²) < 4.78 is 0. The van der Waals surface area contributed by atoms with E-state index >= 15 is 0 Å². The molecular formula is C14H24. The molecule has 0 heterocycles. The van der Waals surface area contributed by atoms with E-state index in [1.165, 1.54) is 32.1 Å². The molecule has 0 bridgehead atoms. The maximum absolute atomic E-state index is 2.64. The highest BCUT2D eigenvalue weighted by molar-refractivity contribution is 5.20. The fraction of sp³-hybridized carbons (Fsp3) is 0.857. The van der Waals surface area contributed by atoms with Gasteiger partial charge in [-0.3, -0.25) is 0 Å². The highest BCUT2D eigenvalue weighted by Gasteiger charge is 2.38. The van der Waals surface area contributed by atoms with E-state index in [1.54, 1.807) is 0 Å². The second kappa shape index (κ2) is 4.08. The van der Waals surface area contributed by atoms with Crippen molar-refractivity contribution in [1.82, 2.24) is 0 Å². The van der Waals surface area contributed by atoms with Gasteiger partial charge in [-0.05, 0) is 49.4 Å². The van der Waals surface area contributed by atoms with Gasteiger partial charge in [0.05, 0.1) is 0 Å². The van der Waals surface area contributed by atoms with Crippen LogP contribution in [-0.2, 0) is 0 Å². The Morgan fingerprint density at radius 3 is 2.57 bits per heavy atom. The molecule has 0 aromatic heterocycles. The summed E-state index contributed by atoms with van der Waals surface area (Å²) in [6.07, 6.45) is 9.76. The van der Waals surface area contributed by atoms with Crippen molar-refractivity contribution < 1.29 is 0 Å². The van der Waals surface area contributed by atoms with Gasteiger partial charge in [-0.2, -0.15) is 0 Å². The summed E-state index contributed by atoms with van der Waals surface area (Å²) >= 11 is 0. The second-order valence-electron chi connectivity index (χ2n) is 5.51. The molecule has 0 saturated heterocycles. The molecule has 0 amide bonds. The summed E-state index contributed by atoms with van der Waals surface area (Å²) in [6, 6.07) is 0. The third-order valence-electron chi connectivity index (χ3n) is 4.16. The lowest BCUT2D eigenvalue weighted by Crippen LogP contribution is -2.13. The van der Waals surface area contributed by atoms with Gasteiger partial charge < -0.3 is 0 Å². The van der Waals surface area contributed by atoms with Gasteiger partial charge in [0.15, 0.2) is 0 Å². The van der Waals surface area contributed by atoms with Crippen molar-refractivity contribution in [3.63, 3.8) is 0 Å². The van der Waals surface area contributed by atoms with Crippen LogP contribution in [0.15, 0.2) is 11.6 Å². The fourth-order valence-electron chi connectivity index (χ4n) is 3.02. The Hall–Kier alpha value is -0.260. The van der Waals surface area contributed by atoms with E-state index in [1.807, 2.05) is 5.57 Å². The predicted molar refractivity (Wildman–Crippen MR) is 62.2 cm³/mol. The van der Waals surface area contributed by atoms with E-state index < -0.39 is 0 Å². The van der Waals surface area contributed by atoms with Crippen molar-refractivity contribution in [2.75, 3.05) is 0 Å². The topological polar surface area (TPSA) is 0 Å².